The van der Waals surface area contributed by atoms with E-state index in [1.807, 2.05) is 5.32 Å². The third-order valence-corrected chi connectivity index (χ3v) is 2.45. The number of urea groups is 1. The summed E-state index contributed by atoms with van der Waals surface area (Å²) in [5.74, 6) is -1.38. The van der Waals surface area contributed by atoms with Gasteiger partial charge in [-0.3, -0.25) is 10.1 Å². The van der Waals surface area contributed by atoms with Gasteiger partial charge in [0.2, 0.25) is 0 Å². The molecule has 0 aliphatic heterocycles. The third-order valence-electron chi connectivity index (χ3n) is 2.20. The number of ether oxygens (including phenoxy) is 1. The molecule has 102 valence electrons. The second-order valence-electron chi connectivity index (χ2n) is 3.62. The number of amides is 3. The first-order valence-electron chi connectivity index (χ1n) is 5.43. The number of halogens is 1. The highest BCUT2D eigenvalue weighted by molar-refractivity contribution is 6.30. The largest absolute Gasteiger partial charge is 0.449 e. The minimum atomic E-state index is -1.08. The molecule has 1 rings (SSSR count). The molecule has 2 N–H and O–H groups in total. The number of esters is 1. The van der Waals surface area contributed by atoms with Crippen molar-refractivity contribution >= 4 is 29.5 Å². The molecule has 0 heterocycles. The molecule has 1 unspecified atom stereocenters. The topological polar surface area (TPSA) is 84.5 Å². The zero-order valence-electron chi connectivity index (χ0n) is 10.4. The minimum Gasteiger partial charge on any atom is -0.449 e. The molecule has 0 fully saturated rings. The SMILES string of the molecule is CNC(=O)NC(=O)C(C)OC(=O)c1ccc(Cl)cc1. The van der Waals surface area contributed by atoms with Crippen molar-refractivity contribution in [1.82, 2.24) is 10.6 Å². The highest BCUT2D eigenvalue weighted by Gasteiger charge is 2.20. The van der Waals surface area contributed by atoms with E-state index < -0.39 is 24.0 Å². The lowest BCUT2D eigenvalue weighted by molar-refractivity contribution is -0.127. The molecule has 3 amide bonds. The number of carbonyl (C=O) groups is 3. The molecule has 0 aliphatic carbocycles. The van der Waals surface area contributed by atoms with Crippen LogP contribution in [0.2, 0.25) is 5.02 Å². The molecular weight excluding hydrogens is 272 g/mol. The Morgan fingerprint density at radius 3 is 2.32 bits per heavy atom. The van der Waals surface area contributed by atoms with Gasteiger partial charge in [-0.2, -0.15) is 0 Å². The Morgan fingerprint density at radius 2 is 1.79 bits per heavy atom. The van der Waals surface area contributed by atoms with Crippen LogP contribution in [0.4, 0.5) is 4.79 Å². The van der Waals surface area contributed by atoms with Crippen molar-refractivity contribution in [2.24, 2.45) is 0 Å². The molecule has 0 aromatic heterocycles. The highest BCUT2D eigenvalue weighted by atomic mass is 35.5. The zero-order valence-corrected chi connectivity index (χ0v) is 11.2. The molecule has 1 atom stereocenters. The van der Waals surface area contributed by atoms with Gasteiger partial charge >= 0.3 is 12.0 Å². The molecule has 0 aliphatic rings. The lowest BCUT2D eigenvalue weighted by atomic mass is 10.2. The van der Waals surface area contributed by atoms with Crippen molar-refractivity contribution in [3.8, 4) is 0 Å². The van der Waals surface area contributed by atoms with Crippen LogP contribution in [-0.4, -0.2) is 31.1 Å². The van der Waals surface area contributed by atoms with E-state index in [1.165, 1.54) is 38.2 Å². The summed E-state index contributed by atoms with van der Waals surface area (Å²) in [6.45, 7) is 1.37. The molecule has 0 bridgehead atoms. The Labute approximate surface area is 115 Å². The maximum atomic E-state index is 11.7. The Morgan fingerprint density at radius 1 is 1.21 bits per heavy atom. The van der Waals surface area contributed by atoms with Gasteiger partial charge in [0.15, 0.2) is 6.10 Å². The average molecular weight is 285 g/mol. The number of nitrogens with one attached hydrogen (secondary N) is 2. The number of rotatable bonds is 3. The first-order valence-corrected chi connectivity index (χ1v) is 5.81. The van der Waals surface area contributed by atoms with Gasteiger partial charge < -0.3 is 10.1 Å². The Hall–Kier alpha value is -2.08. The van der Waals surface area contributed by atoms with Gasteiger partial charge in [-0.1, -0.05) is 11.6 Å². The molecule has 0 radical (unpaired) electrons. The summed E-state index contributed by atoms with van der Waals surface area (Å²) < 4.78 is 4.91. The van der Waals surface area contributed by atoms with Crippen LogP contribution >= 0.6 is 11.6 Å². The number of carbonyl (C=O) groups excluding carboxylic acids is 3. The summed E-state index contributed by atoms with van der Waals surface area (Å²) in [7, 11) is 1.37. The maximum absolute atomic E-state index is 11.7. The minimum absolute atomic E-state index is 0.268. The van der Waals surface area contributed by atoms with E-state index in [1.54, 1.807) is 0 Å². The van der Waals surface area contributed by atoms with E-state index in [9.17, 15) is 14.4 Å². The molecule has 6 nitrogen and oxygen atoms in total. The smallest absolute Gasteiger partial charge is 0.338 e. The summed E-state index contributed by atoms with van der Waals surface area (Å²) in [6, 6.07) is 5.36. The van der Waals surface area contributed by atoms with Crippen molar-refractivity contribution < 1.29 is 19.1 Å². The van der Waals surface area contributed by atoms with Crippen LogP contribution in [0.5, 0.6) is 0 Å². The number of benzene rings is 1. The normalized spacial score (nSPS) is 11.3. The standard InChI is InChI=1S/C12H13ClN2O4/c1-7(10(16)15-12(18)14-2)19-11(17)8-3-5-9(13)6-4-8/h3-7H,1-2H3,(H2,14,15,16,18). The molecular formula is C12H13ClN2O4. The lowest BCUT2D eigenvalue weighted by Gasteiger charge is -2.12. The fourth-order valence-electron chi connectivity index (χ4n) is 1.14. The van der Waals surface area contributed by atoms with Crippen LogP contribution in [0.1, 0.15) is 17.3 Å². The van der Waals surface area contributed by atoms with Crippen LogP contribution in [0, 0.1) is 0 Å². The fourth-order valence-corrected chi connectivity index (χ4v) is 1.27. The first-order chi connectivity index (χ1) is 8.93. The molecule has 19 heavy (non-hydrogen) atoms. The second kappa shape index (κ2) is 6.75. The van der Waals surface area contributed by atoms with Crippen LogP contribution in [-0.2, 0) is 9.53 Å². The molecule has 1 aromatic carbocycles. The van der Waals surface area contributed by atoms with E-state index >= 15 is 0 Å². The summed E-state index contributed by atoms with van der Waals surface area (Å²) in [5.41, 5.74) is 0.268. The van der Waals surface area contributed by atoms with Crippen LogP contribution in [0.3, 0.4) is 0 Å². The zero-order chi connectivity index (χ0) is 14.4. The van der Waals surface area contributed by atoms with Crippen LogP contribution in [0.25, 0.3) is 0 Å². The highest BCUT2D eigenvalue weighted by Crippen LogP contribution is 2.11. The van der Waals surface area contributed by atoms with Gasteiger partial charge in [-0.05, 0) is 31.2 Å². The Kier molecular flexibility index (Phi) is 5.32. The molecule has 0 saturated heterocycles. The van der Waals surface area contributed by atoms with Crippen LogP contribution < -0.4 is 10.6 Å². The Balaban J connectivity index is 2.59. The monoisotopic (exact) mass is 284 g/mol. The van der Waals surface area contributed by atoms with Crippen molar-refractivity contribution in [2.45, 2.75) is 13.0 Å². The molecule has 7 heteroatoms. The number of imide groups is 1. The van der Waals surface area contributed by atoms with Crippen molar-refractivity contribution in [2.75, 3.05) is 7.05 Å². The van der Waals surface area contributed by atoms with E-state index in [0.717, 1.165) is 0 Å². The number of hydrogen-bond donors (Lipinski definition) is 2. The van der Waals surface area contributed by atoms with E-state index in [2.05, 4.69) is 5.32 Å². The van der Waals surface area contributed by atoms with Gasteiger partial charge in [-0.15, -0.1) is 0 Å². The fraction of sp³-hybridized carbons (Fsp3) is 0.250. The van der Waals surface area contributed by atoms with Crippen LogP contribution in [0.15, 0.2) is 24.3 Å². The van der Waals surface area contributed by atoms with E-state index in [4.69, 9.17) is 16.3 Å². The summed E-state index contributed by atoms with van der Waals surface area (Å²) in [6.07, 6.45) is -1.08. The van der Waals surface area contributed by atoms with Gasteiger partial charge in [0.25, 0.3) is 5.91 Å². The van der Waals surface area contributed by atoms with E-state index in [-0.39, 0.29) is 5.56 Å². The molecule has 0 spiro atoms. The van der Waals surface area contributed by atoms with Crippen molar-refractivity contribution in [1.29, 1.82) is 0 Å². The van der Waals surface area contributed by atoms with E-state index in [0.29, 0.717) is 5.02 Å². The summed E-state index contributed by atoms with van der Waals surface area (Å²) in [5, 5.41) is 4.71. The maximum Gasteiger partial charge on any atom is 0.338 e. The van der Waals surface area contributed by atoms with Gasteiger partial charge in [0, 0.05) is 12.1 Å². The average Bonchev–Trinajstić information content (AvgIpc) is 2.38. The molecule has 0 saturated carbocycles. The summed E-state index contributed by atoms with van der Waals surface area (Å²) >= 11 is 5.69. The Bertz CT molecular complexity index is 487. The second-order valence-corrected chi connectivity index (χ2v) is 4.06. The lowest BCUT2D eigenvalue weighted by Crippen LogP contribution is -2.43. The van der Waals surface area contributed by atoms with Gasteiger partial charge in [0.1, 0.15) is 0 Å². The van der Waals surface area contributed by atoms with Gasteiger partial charge in [0.05, 0.1) is 5.56 Å². The van der Waals surface area contributed by atoms with Crippen molar-refractivity contribution in [3.05, 3.63) is 34.9 Å². The quantitative estimate of drug-likeness (QED) is 0.820. The third kappa shape index (κ3) is 4.59. The molecule has 1 aromatic rings. The van der Waals surface area contributed by atoms with Crippen molar-refractivity contribution in [3.63, 3.8) is 0 Å². The predicted molar refractivity (Wildman–Crippen MR) is 68.9 cm³/mol. The van der Waals surface area contributed by atoms with Gasteiger partial charge in [-0.25, -0.2) is 9.59 Å². The summed E-state index contributed by atoms with van der Waals surface area (Å²) in [4.78, 5) is 34.1. The number of hydrogen-bond acceptors (Lipinski definition) is 4. The first kappa shape index (κ1) is 15.0. The predicted octanol–water partition coefficient (Wildman–Crippen LogP) is 1.34.